The van der Waals surface area contributed by atoms with Crippen molar-refractivity contribution in [1.29, 1.82) is 0 Å². The second-order valence-corrected chi connectivity index (χ2v) is 1.41. The van der Waals surface area contributed by atoms with Crippen molar-refractivity contribution in [3.8, 4) is 0 Å². The summed E-state index contributed by atoms with van der Waals surface area (Å²) in [4.78, 5) is 0. The van der Waals surface area contributed by atoms with E-state index in [0.29, 0.717) is 6.20 Å². The number of nitrogens with one attached hydrogen (secondary N) is 1. The van der Waals surface area contributed by atoms with Gasteiger partial charge in [-0.25, -0.2) is 0 Å². The SMILES string of the molecule is FC(F)(F)c1[c][nH]nc1. The molecule has 0 aliphatic heterocycles. The average molecular weight is 135 g/mol. The van der Waals surface area contributed by atoms with Gasteiger partial charge in [-0.15, -0.1) is 0 Å². The lowest BCUT2D eigenvalue weighted by atomic mass is 10.4. The van der Waals surface area contributed by atoms with Gasteiger partial charge >= 0.3 is 6.18 Å². The van der Waals surface area contributed by atoms with E-state index in [4.69, 9.17) is 0 Å². The van der Waals surface area contributed by atoms with Crippen LogP contribution in [0.4, 0.5) is 13.2 Å². The van der Waals surface area contributed by atoms with Crippen LogP contribution in [0.2, 0.25) is 0 Å². The first-order valence-corrected chi connectivity index (χ1v) is 2.09. The van der Waals surface area contributed by atoms with Gasteiger partial charge in [0.15, 0.2) is 0 Å². The van der Waals surface area contributed by atoms with Crippen molar-refractivity contribution in [2.75, 3.05) is 0 Å². The molecule has 0 aromatic carbocycles. The highest BCUT2D eigenvalue weighted by Crippen LogP contribution is 2.27. The Balaban J connectivity index is 2.90. The normalized spacial score (nSPS) is 11.9. The Morgan fingerprint density at radius 2 is 2.22 bits per heavy atom. The van der Waals surface area contributed by atoms with Crippen molar-refractivity contribution in [3.05, 3.63) is 18.0 Å². The number of rotatable bonds is 0. The lowest BCUT2D eigenvalue weighted by Gasteiger charge is -1.98. The lowest BCUT2D eigenvalue weighted by molar-refractivity contribution is -0.137. The quantitative estimate of drug-likeness (QED) is 0.569. The highest BCUT2D eigenvalue weighted by atomic mass is 19.4. The number of alkyl halides is 3. The predicted molar refractivity (Wildman–Crippen MR) is 22.4 cm³/mol. The van der Waals surface area contributed by atoms with Gasteiger partial charge in [0.2, 0.25) is 0 Å². The molecule has 0 fully saturated rings. The maximum atomic E-state index is 11.5. The molecule has 1 N–H and O–H groups in total. The van der Waals surface area contributed by atoms with Crippen LogP contribution in [0.5, 0.6) is 0 Å². The molecule has 1 aromatic heterocycles. The monoisotopic (exact) mass is 135 g/mol. The molecule has 0 atom stereocenters. The van der Waals surface area contributed by atoms with E-state index in [9.17, 15) is 13.2 Å². The Morgan fingerprint density at radius 1 is 1.56 bits per heavy atom. The van der Waals surface area contributed by atoms with E-state index in [0.717, 1.165) is 0 Å². The number of halogens is 3. The Hall–Kier alpha value is -1.00. The molecule has 0 spiro atoms. The van der Waals surface area contributed by atoms with Crippen LogP contribution in [-0.4, -0.2) is 10.2 Å². The third kappa shape index (κ3) is 1.22. The van der Waals surface area contributed by atoms with Crippen LogP contribution in [-0.2, 0) is 6.18 Å². The first kappa shape index (κ1) is 6.12. The number of aromatic amines is 1. The molecule has 0 bridgehead atoms. The molecule has 49 valence electrons. The van der Waals surface area contributed by atoms with Gasteiger partial charge in [-0.3, -0.25) is 5.10 Å². The Labute approximate surface area is 48.7 Å². The van der Waals surface area contributed by atoms with E-state index in [2.05, 4.69) is 5.10 Å². The maximum Gasteiger partial charge on any atom is 0.420 e. The largest absolute Gasteiger partial charge is 0.420 e. The van der Waals surface area contributed by atoms with Gasteiger partial charge in [0.05, 0.1) is 12.4 Å². The summed E-state index contributed by atoms with van der Waals surface area (Å²) in [6.45, 7) is 0. The van der Waals surface area contributed by atoms with Crippen LogP contribution in [0.3, 0.4) is 0 Å². The van der Waals surface area contributed by atoms with E-state index in [1.807, 2.05) is 11.3 Å². The highest BCUT2D eigenvalue weighted by molar-refractivity contribution is 5.04. The number of hydrogen-bond acceptors (Lipinski definition) is 1. The standard InChI is InChI=1S/C4H2F3N2/c5-4(6,7)3-1-8-9-2-3/h1H,(H,8,9). The van der Waals surface area contributed by atoms with E-state index < -0.39 is 11.7 Å². The van der Waals surface area contributed by atoms with Crippen molar-refractivity contribution in [2.24, 2.45) is 0 Å². The van der Waals surface area contributed by atoms with Gasteiger partial charge in [0.1, 0.15) is 5.56 Å². The molecule has 9 heavy (non-hydrogen) atoms. The summed E-state index contributed by atoms with van der Waals surface area (Å²) in [5.41, 5.74) is -0.873. The van der Waals surface area contributed by atoms with Crippen molar-refractivity contribution >= 4 is 0 Å². The molecular formula is C4H2F3N2. The first-order chi connectivity index (χ1) is 4.11. The van der Waals surface area contributed by atoms with Gasteiger partial charge < -0.3 is 0 Å². The summed E-state index contributed by atoms with van der Waals surface area (Å²) in [5.74, 6) is 0. The van der Waals surface area contributed by atoms with Gasteiger partial charge in [-0.1, -0.05) is 0 Å². The number of aromatic nitrogens is 2. The molecule has 0 saturated heterocycles. The number of nitrogens with zero attached hydrogens (tertiary/aromatic N) is 1. The topological polar surface area (TPSA) is 28.7 Å². The molecule has 0 saturated carbocycles. The minimum atomic E-state index is -4.33. The first-order valence-electron chi connectivity index (χ1n) is 2.09. The van der Waals surface area contributed by atoms with Crippen molar-refractivity contribution in [3.63, 3.8) is 0 Å². The molecule has 5 heteroatoms. The fourth-order valence-corrected chi connectivity index (χ4v) is 0.366. The van der Waals surface area contributed by atoms with Crippen LogP contribution in [0.1, 0.15) is 5.56 Å². The molecule has 0 unspecified atom stereocenters. The molecule has 1 aromatic rings. The smallest absolute Gasteiger partial charge is 0.276 e. The van der Waals surface area contributed by atoms with Crippen molar-refractivity contribution in [1.82, 2.24) is 10.2 Å². The zero-order valence-electron chi connectivity index (χ0n) is 4.16. The summed E-state index contributed by atoms with van der Waals surface area (Å²) in [5, 5.41) is 5.03. The zero-order chi connectivity index (χ0) is 6.91. The van der Waals surface area contributed by atoms with Gasteiger partial charge in [-0.2, -0.15) is 18.3 Å². The van der Waals surface area contributed by atoms with Crippen LogP contribution < -0.4 is 0 Å². The fraction of sp³-hybridized carbons (Fsp3) is 0.250. The third-order valence-electron chi connectivity index (χ3n) is 0.754. The molecule has 0 amide bonds. The molecule has 1 rings (SSSR count). The van der Waals surface area contributed by atoms with Crippen LogP contribution >= 0.6 is 0 Å². The molecule has 1 heterocycles. The Bertz CT molecular complexity index is 176. The summed E-state index contributed by atoms with van der Waals surface area (Å²) >= 11 is 0. The summed E-state index contributed by atoms with van der Waals surface area (Å²) < 4.78 is 34.6. The summed E-state index contributed by atoms with van der Waals surface area (Å²) in [6.07, 6.45) is -1.83. The second-order valence-electron chi connectivity index (χ2n) is 1.41. The minimum absolute atomic E-state index is 0.681. The van der Waals surface area contributed by atoms with Crippen molar-refractivity contribution in [2.45, 2.75) is 6.18 Å². The Kier molecular flexibility index (Phi) is 1.19. The lowest BCUT2D eigenvalue weighted by Crippen LogP contribution is -2.02. The Morgan fingerprint density at radius 3 is 2.44 bits per heavy atom. The maximum absolute atomic E-state index is 11.5. The van der Waals surface area contributed by atoms with E-state index >= 15 is 0 Å². The highest BCUT2D eigenvalue weighted by Gasteiger charge is 2.31. The average Bonchev–Trinajstić information content (AvgIpc) is 2.08. The number of H-pyrrole nitrogens is 1. The van der Waals surface area contributed by atoms with Crippen LogP contribution in [0.15, 0.2) is 6.20 Å². The van der Waals surface area contributed by atoms with E-state index in [-0.39, 0.29) is 0 Å². The summed E-state index contributed by atoms with van der Waals surface area (Å²) in [6, 6.07) is 0. The van der Waals surface area contributed by atoms with Crippen molar-refractivity contribution < 1.29 is 13.2 Å². The van der Waals surface area contributed by atoms with Gasteiger partial charge in [0.25, 0.3) is 0 Å². The minimum Gasteiger partial charge on any atom is -0.276 e. The molecule has 2 nitrogen and oxygen atoms in total. The summed E-state index contributed by atoms with van der Waals surface area (Å²) in [7, 11) is 0. The molecule has 1 radical (unpaired) electrons. The van der Waals surface area contributed by atoms with Crippen LogP contribution in [0.25, 0.3) is 0 Å². The molecule has 0 aliphatic carbocycles. The van der Waals surface area contributed by atoms with Gasteiger partial charge in [0, 0.05) is 0 Å². The zero-order valence-corrected chi connectivity index (χ0v) is 4.16. The fourth-order valence-electron chi connectivity index (χ4n) is 0.366. The molecular weight excluding hydrogens is 133 g/mol. The van der Waals surface area contributed by atoms with E-state index in [1.165, 1.54) is 0 Å². The van der Waals surface area contributed by atoms with Crippen LogP contribution in [0, 0.1) is 6.20 Å². The second kappa shape index (κ2) is 1.75. The number of hydrogen-bond donors (Lipinski definition) is 1. The molecule has 0 aliphatic rings. The van der Waals surface area contributed by atoms with E-state index in [1.54, 1.807) is 0 Å². The predicted octanol–water partition coefficient (Wildman–Crippen LogP) is 1.23. The van der Waals surface area contributed by atoms with Gasteiger partial charge in [-0.05, 0) is 0 Å². The third-order valence-corrected chi connectivity index (χ3v) is 0.754.